The molecule has 0 radical (unpaired) electrons. The lowest BCUT2D eigenvalue weighted by molar-refractivity contribution is -0.128. The van der Waals surface area contributed by atoms with Crippen LogP contribution in [-0.2, 0) is 4.79 Å². The van der Waals surface area contributed by atoms with Crippen molar-refractivity contribution in [3.63, 3.8) is 0 Å². The molecule has 0 saturated heterocycles. The molecule has 4 aliphatic carbocycles. The number of carbonyl (C=O) groups excluding carboxylic acids is 1. The van der Waals surface area contributed by atoms with Crippen LogP contribution in [0.3, 0.4) is 0 Å². The molecule has 4 heteroatoms. The monoisotopic (exact) mass is 376 g/mol. The first kappa shape index (κ1) is 19.7. The predicted octanol–water partition coefficient (Wildman–Crippen LogP) is 4.04. The summed E-state index contributed by atoms with van der Waals surface area (Å²) in [6, 6.07) is 0.331. The molecule has 0 bridgehead atoms. The summed E-state index contributed by atoms with van der Waals surface area (Å²) in [7, 11) is 0. The van der Waals surface area contributed by atoms with E-state index < -0.39 is 0 Å². The summed E-state index contributed by atoms with van der Waals surface area (Å²) in [4.78, 5) is 11.3. The van der Waals surface area contributed by atoms with Crippen LogP contribution >= 0.6 is 0 Å². The van der Waals surface area contributed by atoms with Crippen LogP contribution in [0.4, 0.5) is 0 Å². The normalized spacial score (nSPS) is 50.3. The van der Waals surface area contributed by atoms with Crippen LogP contribution in [0, 0.1) is 40.4 Å². The summed E-state index contributed by atoms with van der Waals surface area (Å²) in [6.45, 7) is 8.94. The van der Waals surface area contributed by atoms with Crippen LogP contribution in [0.1, 0.15) is 85.5 Å². The summed E-state index contributed by atoms with van der Waals surface area (Å²) in [5, 5.41) is 10.2. The van der Waals surface area contributed by atoms with E-state index >= 15 is 0 Å². The van der Waals surface area contributed by atoms with Crippen molar-refractivity contribution in [1.82, 2.24) is 10.9 Å². The fraction of sp³-hybridized carbons (Fsp3) is 0.957. The van der Waals surface area contributed by atoms with Crippen molar-refractivity contribution in [3.8, 4) is 0 Å². The van der Waals surface area contributed by atoms with Crippen LogP contribution in [0.2, 0.25) is 0 Å². The van der Waals surface area contributed by atoms with E-state index in [-0.39, 0.29) is 12.0 Å². The first-order valence-corrected chi connectivity index (χ1v) is 11.5. The van der Waals surface area contributed by atoms with Crippen molar-refractivity contribution >= 4 is 5.91 Å². The molecular formula is C23H40N2O2. The Kier molecular flexibility index (Phi) is 5.12. The third kappa shape index (κ3) is 3.15. The minimum atomic E-state index is -0.0509. The summed E-state index contributed by atoms with van der Waals surface area (Å²) in [5.74, 6) is 3.96. The first-order chi connectivity index (χ1) is 12.8. The molecular weight excluding hydrogens is 336 g/mol. The number of nitrogens with one attached hydrogen (secondary N) is 2. The lowest BCUT2D eigenvalue weighted by atomic mass is 9.44. The van der Waals surface area contributed by atoms with Gasteiger partial charge in [-0.3, -0.25) is 10.2 Å². The highest BCUT2D eigenvalue weighted by atomic mass is 16.3. The fourth-order valence-electron chi connectivity index (χ4n) is 8.41. The van der Waals surface area contributed by atoms with Crippen LogP contribution < -0.4 is 10.9 Å². The quantitative estimate of drug-likeness (QED) is 0.652. The highest BCUT2D eigenvalue weighted by molar-refractivity contribution is 5.72. The topological polar surface area (TPSA) is 61.4 Å². The Bertz CT molecular complexity index is 581. The van der Waals surface area contributed by atoms with Gasteiger partial charge in [0.1, 0.15) is 0 Å². The third-order valence-electron chi connectivity index (χ3n) is 9.79. The summed E-state index contributed by atoms with van der Waals surface area (Å²) in [6.07, 6.45) is 11.3. The second-order valence-corrected chi connectivity index (χ2v) is 10.9. The molecule has 0 aromatic carbocycles. The Hall–Kier alpha value is -0.610. The maximum atomic E-state index is 11.3. The number of hydrogen-bond donors (Lipinski definition) is 3. The smallest absolute Gasteiger partial charge is 0.230 e. The van der Waals surface area contributed by atoms with Crippen LogP contribution in [0.5, 0.6) is 0 Å². The Balaban J connectivity index is 1.51. The number of hydrogen-bond acceptors (Lipinski definition) is 3. The van der Waals surface area contributed by atoms with E-state index in [1.165, 1.54) is 44.9 Å². The Morgan fingerprint density at radius 1 is 1.00 bits per heavy atom. The minimum absolute atomic E-state index is 0.00371. The molecule has 3 N–H and O–H groups in total. The number of fused-ring (bicyclic) bond motifs is 5. The van der Waals surface area contributed by atoms with Crippen molar-refractivity contribution in [2.75, 3.05) is 0 Å². The molecule has 4 fully saturated rings. The van der Waals surface area contributed by atoms with E-state index in [9.17, 15) is 9.90 Å². The predicted molar refractivity (Wildman–Crippen MR) is 108 cm³/mol. The van der Waals surface area contributed by atoms with E-state index in [2.05, 4.69) is 31.6 Å². The zero-order chi connectivity index (χ0) is 19.4. The van der Waals surface area contributed by atoms with Gasteiger partial charge in [0.05, 0.1) is 6.10 Å². The summed E-state index contributed by atoms with van der Waals surface area (Å²) in [5.41, 5.74) is 6.98. The maximum absolute atomic E-state index is 11.3. The Morgan fingerprint density at radius 2 is 1.70 bits per heavy atom. The lowest BCUT2D eigenvalue weighted by Gasteiger charge is -2.61. The van der Waals surface area contributed by atoms with Gasteiger partial charge in [-0.15, -0.1) is 0 Å². The van der Waals surface area contributed by atoms with Gasteiger partial charge in [0.2, 0.25) is 5.91 Å². The van der Waals surface area contributed by atoms with Crippen molar-refractivity contribution < 1.29 is 9.90 Å². The zero-order valence-corrected chi connectivity index (χ0v) is 17.8. The summed E-state index contributed by atoms with van der Waals surface area (Å²) >= 11 is 0. The van der Waals surface area contributed by atoms with Gasteiger partial charge in [0.25, 0.3) is 0 Å². The molecule has 0 aromatic heterocycles. The van der Waals surface area contributed by atoms with E-state index in [1.807, 2.05) is 0 Å². The minimum Gasteiger partial charge on any atom is -0.393 e. The maximum Gasteiger partial charge on any atom is 0.230 e. The number of rotatable bonds is 3. The van der Waals surface area contributed by atoms with Crippen molar-refractivity contribution in [3.05, 3.63) is 0 Å². The van der Waals surface area contributed by atoms with Gasteiger partial charge in [0.15, 0.2) is 0 Å². The summed E-state index contributed by atoms with van der Waals surface area (Å²) < 4.78 is 0. The first-order valence-electron chi connectivity index (χ1n) is 11.5. The van der Waals surface area contributed by atoms with E-state index in [0.29, 0.717) is 22.8 Å². The van der Waals surface area contributed by atoms with Gasteiger partial charge in [-0.25, -0.2) is 5.43 Å². The second-order valence-electron chi connectivity index (χ2n) is 10.9. The average Bonchev–Trinajstić information content (AvgIpc) is 2.97. The van der Waals surface area contributed by atoms with Crippen LogP contribution in [-0.4, -0.2) is 23.2 Å². The highest BCUT2D eigenvalue weighted by Crippen LogP contribution is 2.67. The molecule has 4 nitrogen and oxygen atoms in total. The number of carbonyl (C=O) groups is 1. The highest BCUT2D eigenvalue weighted by Gasteiger charge is 2.60. The molecule has 154 valence electrons. The van der Waals surface area contributed by atoms with Gasteiger partial charge in [-0.2, -0.15) is 0 Å². The van der Waals surface area contributed by atoms with Crippen LogP contribution in [0.15, 0.2) is 0 Å². The molecule has 0 heterocycles. The Morgan fingerprint density at radius 3 is 2.44 bits per heavy atom. The third-order valence-corrected chi connectivity index (χ3v) is 9.79. The van der Waals surface area contributed by atoms with Crippen molar-refractivity contribution in [1.29, 1.82) is 0 Å². The van der Waals surface area contributed by atoms with Gasteiger partial charge in [0, 0.05) is 13.0 Å². The van der Waals surface area contributed by atoms with E-state index in [1.54, 1.807) is 6.92 Å². The largest absolute Gasteiger partial charge is 0.393 e. The molecule has 4 aliphatic rings. The van der Waals surface area contributed by atoms with Gasteiger partial charge in [-0.1, -0.05) is 13.8 Å². The van der Waals surface area contributed by atoms with Gasteiger partial charge in [-0.05, 0) is 105 Å². The SMILES string of the molecule is CC(=O)NNC(C)[C@H]1CC[C@H]2[C@@H]3CC[C@H]4C[C@@H](O)CC[C@]4(C)[C@H]3CC[C@]12C. The number of hydrazine groups is 1. The molecule has 27 heavy (non-hydrogen) atoms. The molecule has 9 atom stereocenters. The molecule has 4 rings (SSSR count). The number of aliphatic hydroxyl groups excluding tert-OH is 1. The molecule has 0 aliphatic heterocycles. The van der Waals surface area contributed by atoms with E-state index in [0.717, 1.165) is 36.5 Å². The molecule has 4 saturated carbocycles. The van der Waals surface area contributed by atoms with Crippen LogP contribution in [0.25, 0.3) is 0 Å². The standard InChI is InChI=1S/C23H40N2O2/c1-14(24-25-15(2)26)19-7-8-20-18-6-5-16-13-17(27)9-11-22(16,3)21(18)10-12-23(19,20)4/h14,16-21,24,27H,5-13H2,1-4H3,(H,25,26)/t14?,16-,17-,18-,19+,20-,21-,22-,23+/m0/s1. The molecule has 0 spiro atoms. The second kappa shape index (κ2) is 7.02. The molecule has 1 amide bonds. The lowest BCUT2D eigenvalue weighted by Crippen LogP contribution is -2.55. The van der Waals surface area contributed by atoms with Crippen molar-refractivity contribution in [2.24, 2.45) is 40.4 Å². The van der Waals surface area contributed by atoms with Gasteiger partial charge >= 0.3 is 0 Å². The zero-order valence-electron chi connectivity index (χ0n) is 17.8. The average molecular weight is 377 g/mol. The van der Waals surface area contributed by atoms with E-state index in [4.69, 9.17) is 0 Å². The number of amides is 1. The Labute approximate surface area is 165 Å². The number of aliphatic hydroxyl groups is 1. The fourth-order valence-corrected chi connectivity index (χ4v) is 8.41. The molecule has 1 unspecified atom stereocenters. The van der Waals surface area contributed by atoms with Crippen molar-refractivity contribution in [2.45, 2.75) is 97.6 Å². The van der Waals surface area contributed by atoms with Gasteiger partial charge < -0.3 is 5.11 Å². The molecule has 0 aromatic rings.